The van der Waals surface area contributed by atoms with Gasteiger partial charge in [0.15, 0.2) is 17.5 Å². The summed E-state index contributed by atoms with van der Waals surface area (Å²) in [6.45, 7) is 31.3. The van der Waals surface area contributed by atoms with Crippen LogP contribution in [0.1, 0.15) is 117 Å². The average Bonchev–Trinajstić information content (AvgIpc) is 3.09. The van der Waals surface area contributed by atoms with E-state index < -0.39 is 0 Å². The lowest BCUT2D eigenvalue weighted by Crippen LogP contribution is -2.17. The quantitative estimate of drug-likeness (QED) is 0.178. The molecule has 0 N–H and O–H groups in total. The molecule has 0 unspecified atom stereocenters. The number of hydrogen-bond donors (Lipinski definition) is 0. The van der Waals surface area contributed by atoms with Crippen molar-refractivity contribution in [3.8, 4) is 56.4 Å². The minimum Gasteiger partial charge on any atom is -0.258 e. The van der Waals surface area contributed by atoms with Crippen LogP contribution in [-0.4, -0.2) is 19.9 Å². The SMILES string of the molecule is Cc1cc(-c2cccc(-c3cccc(-c4nc(-c5cc(C(C)(C)C)cc(C(C)(C)C)c5)nc(-c5cc(C(C)(C)C)cc(C(C)(C)C)c5)n4)c3)c2)cc(C)n1. The molecule has 0 amide bonds. The molecule has 4 nitrogen and oxygen atoms in total. The number of benzene rings is 4. The van der Waals surface area contributed by atoms with Crippen molar-refractivity contribution >= 4 is 0 Å². The van der Waals surface area contributed by atoms with Crippen molar-refractivity contribution in [3.05, 3.63) is 131 Å². The molecular weight excluding hydrogens is 657 g/mol. The van der Waals surface area contributed by atoms with E-state index in [0.717, 1.165) is 44.8 Å². The largest absolute Gasteiger partial charge is 0.258 e. The molecule has 6 rings (SSSR count). The maximum absolute atomic E-state index is 5.30. The lowest BCUT2D eigenvalue weighted by Gasteiger charge is -2.26. The predicted molar refractivity (Wildman–Crippen MR) is 229 cm³/mol. The molecule has 278 valence electrons. The molecule has 0 fully saturated rings. The normalized spacial score (nSPS) is 12.6. The van der Waals surface area contributed by atoms with Crippen LogP contribution < -0.4 is 0 Å². The van der Waals surface area contributed by atoms with E-state index in [9.17, 15) is 0 Å². The van der Waals surface area contributed by atoms with Crippen molar-refractivity contribution in [2.24, 2.45) is 0 Å². The van der Waals surface area contributed by atoms with Gasteiger partial charge in [0, 0.05) is 28.1 Å². The molecular formula is C50H58N4. The molecule has 0 atom stereocenters. The highest BCUT2D eigenvalue weighted by molar-refractivity contribution is 5.77. The summed E-state index contributed by atoms with van der Waals surface area (Å²) >= 11 is 0. The summed E-state index contributed by atoms with van der Waals surface area (Å²) in [4.78, 5) is 20.5. The molecule has 4 aromatic carbocycles. The molecule has 0 radical (unpaired) electrons. The molecule has 0 aliphatic rings. The first kappa shape index (κ1) is 38.8. The fraction of sp³-hybridized carbons (Fsp3) is 0.360. The van der Waals surface area contributed by atoms with Gasteiger partial charge in [-0.05, 0) is 129 Å². The Morgan fingerprint density at radius 2 is 0.593 bits per heavy atom. The Labute approximate surface area is 324 Å². The molecule has 4 heteroatoms. The van der Waals surface area contributed by atoms with Crippen molar-refractivity contribution < 1.29 is 0 Å². The van der Waals surface area contributed by atoms with E-state index >= 15 is 0 Å². The summed E-state index contributed by atoms with van der Waals surface area (Å²) in [6, 6.07) is 35.4. The first-order chi connectivity index (χ1) is 25.0. The highest BCUT2D eigenvalue weighted by Gasteiger charge is 2.25. The van der Waals surface area contributed by atoms with Gasteiger partial charge in [0.05, 0.1) is 0 Å². The van der Waals surface area contributed by atoms with E-state index in [2.05, 4.69) is 185 Å². The minimum absolute atomic E-state index is 0.0477. The Bertz CT molecular complexity index is 2160. The summed E-state index contributed by atoms with van der Waals surface area (Å²) in [6.07, 6.45) is 0. The number of hydrogen-bond acceptors (Lipinski definition) is 4. The number of rotatable bonds is 5. The van der Waals surface area contributed by atoms with Gasteiger partial charge in [-0.1, -0.05) is 132 Å². The average molecular weight is 715 g/mol. The Hall–Kier alpha value is -4.96. The first-order valence-electron chi connectivity index (χ1n) is 19.3. The molecule has 0 spiro atoms. The van der Waals surface area contributed by atoms with Crippen LogP contribution in [0.25, 0.3) is 56.4 Å². The summed E-state index contributed by atoms with van der Waals surface area (Å²) in [5.74, 6) is 2.02. The molecule has 0 saturated heterocycles. The standard InChI is InChI=1S/C50H58N4/c1-31-21-37(22-32(2)51-31)35-19-15-17-33(23-35)34-18-16-20-36(24-34)44-52-45(38-25-40(47(3,4)5)29-41(26-38)48(6,7)8)54-46(53-44)39-27-42(49(9,10)11)30-43(28-39)50(12,13)14/h15-30H,1-14H3. The molecule has 0 bridgehead atoms. The van der Waals surface area contributed by atoms with E-state index in [1.807, 2.05) is 13.8 Å². The van der Waals surface area contributed by atoms with Crippen molar-refractivity contribution in [1.82, 2.24) is 19.9 Å². The van der Waals surface area contributed by atoms with Gasteiger partial charge in [-0.25, -0.2) is 15.0 Å². The predicted octanol–water partition coefficient (Wildman–Crippen LogP) is 13.4. The lowest BCUT2D eigenvalue weighted by molar-refractivity contribution is 0.568. The van der Waals surface area contributed by atoms with Gasteiger partial charge in [-0.2, -0.15) is 0 Å². The molecule has 54 heavy (non-hydrogen) atoms. The van der Waals surface area contributed by atoms with Gasteiger partial charge in [0.2, 0.25) is 0 Å². The Kier molecular flexibility index (Phi) is 10.1. The van der Waals surface area contributed by atoms with Crippen LogP contribution in [0.15, 0.2) is 97.1 Å². The van der Waals surface area contributed by atoms with Gasteiger partial charge in [-0.3, -0.25) is 4.98 Å². The van der Waals surface area contributed by atoms with Gasteiger partial charge in [-0.15, -0.1) is 0 Å². The summed E-state index contributed by atoms with van der Waals surface area (Å²) in [7, 11) is 0. The minimum atomic E-state index is -0.0477. The zero-order valence-electron chi connectivity index (χ0n) is 35.0. The van der Waals surface area contributed by atoms with Crippen LogP contribution in [0.2, 0.25) is 0 Å². The van der Waals surface area contributed by atoms with Crippen molar-refractivity contribution in [2.75, 3.05) is 0 Å². The van der Waals surface area contributed by atoms with Crippen LogP contribution in [0.3, 0.4) is 0 Å². The van der Waals surface area contributed by atoms with E-state index in [1.165, 1.54) is 27.8 Å². The third-order valence-electron chi connectivity index (χ3n) is 10.2. The maximum atomic E-state index is 5.30. The third kappa shape index (κ3) is 8.70. The third-order valence-corrected chi connectivity index (χ3v) is 10.2. The number of nitrogens with zero attached hydrogens (tertiary/aromatic N) is 4. The topological polar surface area (TPSA) is 51.6 Å². The second kappa shape index (κ2) is 14.0. The van der Waals surface area contributed by atoms with Crippen LogP contribution >= 0.6 is 0 Å². The summed E-state index contributed by atoms with van der Waals surface area (Å²) in [5, 5.41) is 0. The Morgan fingerprint density at radius 1 is 0.296 bits per heavy atom. The van der Waals surface area contributed by atoms with Gasteiger partial charge >= 0.3 is 0 Å². The van der Waals surface area contributed by atoms with Crippen molar-refractivity contribution in [1.29, 1.82) is 0 Å². The van der Waals surface area contributed by atoms with Crippen LogP contribution in [-0.2, 0) is 21.7 Å². The zero-order chi connectivity index (χ0) is 39.4. The summed E-state index contributed by atoms with van der Waals surface area (Å²) < 4.78 is 0. The molecule has 0 saturated carbocycles. The Balaban J connectivity index is 1.58. The Morgan fingerprint density at radius 3 is 0.944 bits per heavy atom. The van der Waals surface area contributed by atoms with E-state index in [0.29, 0.717) is 17.5 Å². The van der Waals surface area contributed by atoms with Gasteiger partial charge in [0.25, 0.3) is 0 Å². The van der Waals surface area contributed by atoms with Gasteiger partial charge in [0.1, 0.15) is 0 Å². The van der Waals surface area contributed by atoms with E-state index in [4.69, 9.17) is 15.0 Å². The number of aryl methyl sites for hydroxylation is 2. The highest BCUT2D eigenvalue weighted by Crippen LogP contribution is 2.37. The second-order valence-corrected chi connectivity index (χ2v) is 19.2. The smallest absolute Gasteiger partial charge is 0.164 e. The van der Waals surface area contributed by atoms with E-state index in [-0.39, 0.29) is 21.7 Å². The zero-order valence-corrected chi connectivity index (χ0v) is 35.0. The van der Waals surface area contributed by atoms with Crippen LogP contribution in [0.5, 0.6) is 0 Å². The second-order valence-electron chi connectivity index (χ2n) is 19.2. The monoisotopic (exact) mass is 714 g/mol. The fourth-order valence-corrected chi connectivity index (χ4v) is 6.73. The first-order valence-corrected chi connectivity index (χ1v) is 19.3. The summed E-state index contributed by atoms with van der Waals surface area (Å²) in [5.41, 5.74) is 14.4. The van der Waals surface area contributed by atoms with E-state index in [1.54, 1.807) is 0 Å². The van der Waals surface area contributed by atoms with Crippen molar-refractivity contribution in [3.63, 3.8) is 0 Å². The molecule has 2 heterocycles. The molecule has 0 aliphatic heterocycles. The molecule has 0 aliphatic carbocycles. The van der Waals surface area contributed by atoms with Crippen LogP contribution in [0, 0.1) is 13.8 Å². The lowest BCUT2D eigenvalue weighted by atomic mass is 9.79. The van der Waals surface area contributed by atoms with Crippen LogP contribution in [0.4, 0.5) is 0 Å². The fourth-order valence-electron chi connectivity index (χ4n) is 6.73. The maximum Gasteiger partial charge on any atom is 0.164 e. The highest BCUT2D eigenvalue weighted by atomic mass is 15.0. The molecule has 2 aromatic heterocycles. The number of pyridine rings is 1. The number of aromatic nitrogens is 4. The van der Waals surface area contributed by atoms with Crippen molar-refractivity contribution in [2.45, 2.75) is 119 Å². The molecule has 6 aromatic rings. The van der Waals surface area contributed by atoms with Gasteiger partial charge < -0.3 is 0 Å².